The molecule has 1 aromatic carbocycles. The van der Waals surface area contributed by atoms with Gasteiger partial charge < -0.3 is 20.3 Å². The van der Waals surface area contributed by atoms with E-state index in [1.54, 1.807) is 6.07 Å². The Balaban J connectivity index is 1.94. The van der Waals surface area contributed by atoms with Gasteiger partial charge in [0.1, 0.15) is 11.5 Å². The first-order valence-electron chi connectivity index (χ1n) is 7.88. The Bertz CT molecular complexity index is 463. The van der Waals surface area contributed by atoms with E-state index in [1.807, 2.05) is 12.1 Å². The lowest BCUT2D eigenvalue weighted by Gasteiger charge is -2.30. The largest absolute Gasteiger partial charge is 0.507 e. The lowest BCUT2D eigenvalue weighted by Crippen LogP contribution is -2.41. The van der Waals surface area contributed by atoms with Crippen LogP contribution in [0.25, 0.3) is 0 Å². The van der Waals surface area contributed by atoms with E-state index in [9.17, 15) is 10.2 Å². The van der Waals surface area contributed by atoms with Crippen LogP contribution in [0.2, 0.25) is 0 Å². The maximum Gasteiger partial charge on any atom is 0.123 e. The molecular weight excluding hydrogens is 266 g/mol. The van der Waals surface area contributed by atoms with E-state index < -0.39 is 0 Å². The zero-order valence-corrected chi connectivity index (χ0v) is 13.1. The molecule has 2 rings (SSSR count). The van der Waals surface area contributed by atoms with Crippen LogP contribution in [0.3, 0.4) is 0 Å². The zero-order valence-electron chi connectivity index (χ0n) is 13.1. The highest BCUT2D eigenvalue weighted by atomic mass is 16.5. The Labute approximate surface area is 127 Å². The molecule has 0 bridgehead atoms. The molecule has 4 heteroatoms. The van der Waals surface area contributed by atoms with Crippen molar-refractivity contribution in [2.45, 2.75) is 52.1 Å². The van der Waals surface area contributed by atoms with E-state index in [2.05, 4.69) is 19.2 Å². The third-order valence-electron chi connectivity index (χ3n) is 4.51. The Morgan fingerprint density at radius 3 is 2.90 bits per heavy atom. The van der Waals surface area contributed by atoms with Crippen molar-refractivity contribution in [1.82, 2.24) is 5.32 Å². The molecule has 1 fully saturated rings. The first-order chi connectivity index (χ1) is 10.1. The van der Waals surface area contributed by atoms with Gasteiger partial charge in [0.15, 0.2) is 0 Å². The fourth-order valence-electron chi connectivity index (χ4n) is 3.01. The number of hydrogen-bond donors (Lipinski definition) is 3. The lowest BCUT2D eigenvalue weighted by atomic mass is 9.85. The quantitative estimate of drug-likeness (QED) is 0.723. The maximum absolute atomic E-state index is 10.1. The summed E-state index contributed by atoms with van der Waals surface area (Å²) in [7, 11) is 0. The first kappa shape index (κ1) is 16.1. The second-order valence-corrected chi connectivity index (χ2v) is 6.28. The van der Waals surface area contributed by atoms with Crippen LogP contribution in [0.5, 0.6) is 11.5 Å². The molecule has 118 valence electrons. The van der Waals surface area contributed by atoms with Gasteiger partial charge in [-0.05, 0) is 25.3 Å². The molecule has 0 spiro atoms. The molecule has 3 N–H and O–H groups in total. The molecule has 1 saturated carbocycles. The minimum atomic E-state index is -0.0419. The van der Waals surface area contributed by atoms with E-state index >= 15 is 0 Å². The van der Waals surface area contributed by atoms with Crippen LogP contribution in [0.15, 0.2) is 18.2 Å². The molecule has 0 heterocycles. The van der Waals surface area contributed by atoms with E-state index in [4.69, 9.17) is 4.74 Å². The van der Waals surface area contributed by atoms with Gasteiger partial charge in [-0.3, -0.25) is 0 Å². The van der Waals surface area contributed by atoms with Crippen LogP contribution in [-0.2, 0) is 6.54 Å². The van der Waals surface area contributed by atoms with Crippen molar-refractivity contribution in [3.05, 3.63) is 23.8 Å². The smallest absolute Gasteiger partial charge is 0.123 e. The predicted octanol–water partition coefficient (Wildman–Crippen LogP) is 2.82. The number of benzene rings is 1. The standard InChI is InChI=1S/C17H27NO3/c1-3-9-21-14-7-6-13(15(20)10-14)11-18-16-5-4-8-17(16,2)12-19/h6-7,10,16,18-20H,3-5,8-9,11-12H2,1-2H3. The second kappa shape index (κ2) is 7.14. The molecule has 0 aromatic heterocycles. The number of aliphatic hydroxyl groups excluding tert-OH is 1. The van der Waals surface area contributed by atoms with Crippen LogP contribution < -0.4 is 10.1 Å². The van der Waals surface area contributed by atoms with Gasteiger partial charge in [-0.15, -0.1) is 0 Å². The topological polar surface area (TPSA) is 61.7 Å². The van der Waals surface area contributed by atoms with Gasteiger partial charge in [0, 0.05) is 36.2 Å². The number of phenolic OH excluding ortho intramolecular Hbond substituents is 1. The van der Waals surface area contributed by atoms with Crippen LogP contribution in [0, 0.1) is 5.41 Å². The van der Waals surface area contributed by atoms with Crippen LogP contribution >= 0.6 is 0 Å². The normalized spacial score (nSPS) is 25.2. The summed E-state index contributed by atoms with van der Waals surface area (Å²) in [4.78, 5) is 0. The Morgan fingerprint density at radius 2 is 2.24 bits per heavy atom. The van der Waals surface area contributed by atoms with Crippen molar-refractivity contribution in [2.75, 3.05) is 13.2 Å². The van der Waals surface area contributed by atoms with Crippen molar-refractivity contribution >= 4 is 0 Å². The molecule has 2 atom stereocenters. The zero-order chi connectivity index (χ0) is 15.3. The lowest BCUT2D eigenvalue weighted by molar-refractivity contribution is 0.118. The van der Waals surface area contributed by atoms with Crippen LogP contribution in [-0.4, -0.2) is 29.5 Å². The number of aliphatic hydroxyl groups is 1. The predicted molar refractivity (Wildman–Crippen MR) is 83.6 cm³/mol. The highest BCUT2D eigenvalue weighted by Crippen LogP contribution is 2.37. The van der Waals surface area contributed by atoms with Crippen molar-refractivity contribution in [3.63, 3.8) is 0 Å². The second-order valence-electron chi connectivity index (χ2n) is 6.28. The Morgan fingerprint density at radius 1 is 1.43 bits per heavy atom. The minimum Gasteiger partial charge on any atom is -0.507 e. The van der Waals surface area contributed by atoms with Gasteiger partial charge >= 0.3 is 0 Å². The van der Waals surface area contributed by atoms with Crippen molar-refractivity contribution < 1.29 is 14.9 Å². The summed E-state index contributed by atoms with van der Waals surface area (Å²) in [5.41, 5.74) is 0.825. The van der Waals surface area contributed by atoms with Gasteiger partial charge in [0.05, 0.1) is 6.61 Å². The highest BCUT2D eigenvalue weighted by molar-refractivity contribution is 5.39. The maximum atomic E-state index is 10.1. The summed E-state index contributed by atoms with van der Waals surface area (Å²) in [6.45, 7) is 5.66. The third kappa shape index (κ3) is 3.89. The Hall–Kier alpha value is -1.26. The molecule has 1 aromatic rings. The minimum absolute atomic E-state index is 0.0419. The summed E-state index contributed by atoms with van der Waals surface area (Å²) < 4.78 is 5.51. The van der Waals surface area contributed by atoms with Crippen LogP contribution in [0.4, 0.5) is 0 Å². The number of phenols is 1. The summed E-state index contributed by atoms with van der Waals surface area (Å²) in [5.74, 6) is 0.971. The summed E-state index contributed by atoms with van der Waals surface area (Å²) >= 11 is 0. The van der Waals surface area contributed by atoms with Crippen LogP contribution in [0.1, 0.15) is 45.1 Å². The molecule has 0 amide bonds. The molecule has 1 aliphatic rings. The van der Waals surface area contributed by atoms with Crippen molar-refractivity contribution in [2.24, 2.45) is 5.41 Å². The summed E-state index contributed by atoms with van der Waals surface area (Å²) in [6.07, 6.45) is 4.22. The van der Waals surface area contributed by atoms with Gasteiger partial charge in [0.2, 0.25) is 0 Å². The molecule has 2 unspecified atom stereocenters. The molecule has 4 nitrogen and oxygen atoms in total. The van der Waals surface area contributed by atoms with Gasteiger partial charge in [-0.1, -0.05) is 26.3 Å². The van der Waals surface area contributed by atoms with E-state index in [1.165, 1.54) is 0 Å². The summed E-state index contributed by atoms with van der Waals surface area (Å²) in [6, 6.07) is 5.77. The average molecular weight is 293 g/mol. The van der Waals surface area contributed by atoms with E-state index in [0.717, 1.165) is 31.2 Å². The van der Waals surface area contributed by atoms with Gasteiger partial charge in [-0.2, -0.15) is 0 Å². The first-order valence-corrected chi connectivity index (χ1v) is 7.88. The van der Waals surface area contributed by atoms with Crippen molar-refractivity contribution in [1.29, 1.82) is 0 Å². The van der Waals surface area contributed by atoms with Gasteiger partial charge in [0.25, 0.3) is 0 Å². The number of ether oxygens (including phenoxy) is 1. The third-order valence-corrected chi connectivity index (χ3v) is 4.51. The molecule has 0 aliphatic heterocycles. The number of aromatic hydroxyl groups is 1. The Kier molecular flexibility index (Phi) is 5.48. The average Bonchev–Trinajstić information content (AvgIpc) is 2.86. The number of nitrogens with one attached hydrogen (secondary N) is 1. The van der Waals surface area contributed by atoms with E-state index in [-0.39, 0.29) is 17.8 Å². The molecule has 0 saturated heterocycles. The fourth-order valence-corrected chi connectivity index (χ4v) is 3.01. The molecular formula is C17H27NO3. The monoisotopic (exact) mass is 293 g/mol. The number of hydrogen-bond acceptors (Lipinski definition) is 4. The van der Waals surface area contributed by atoms with Crippen molar-refractivity contribution in [3.8, 4) is 11.5 Å². The highest BCUT2D eigenvalue weighted by Gasteiger charge is 2.37. The molecule has 0 radical (unpaired) electrons. The fraction of sp³-hybridized carbons (Fsp3) is 0.647. The number of rotatable bonds is 7. The molecule has 1 aliphatic carbocycles. The van der Waals surface area contributed by atoms with E-state index in [0.29, 0.717) is 24.9 Å². The summed E-state index contributed by atoms with van der Waals surface area (Å²) in [5, 5.41) is 23.1. The molecule has 21 heavy (non-hydrogen) atoms. The SMILES string of the molecule is CCCOc1ccc(CNC2CCCC2(C)CO)c(O)c1. The van der Waals surface area contributed by atoms with Gasteiger partial charge in [-0.25, -0.2) is 0 Å².